The van der Waals surface area contributed by atoms with Crippen LogP contribution in [0.2, 0.25) is 0 Å². The second kappa shape index (κ2) is 6.62. The monoisotopic (exact) mass is 357 g/mol. The third-order valence-corrected chi connectivity index (χ3v) is 5.87. The van der Waals surface area contributed by atoms with E-state index in [1.807, 2.05) is 13.0 Å². The lowest BCUT2D eigenvalue weighted by Crippen LogP contribution is -2.43. The van der Waals surface area contributed by atoms with Gasteiger partial charge in [-0.05, 0) is 44.1 Å². The van der Waals surface area contributed by atoms with Crippen LogP contribution < -0.4 is 9.47 Å². The van der Waals surface area contributed by atoms with E-state index in [1.165, 1.54) is 11.1 Å². The van der Waals surface area contributed by atoms with Gasteiger partial charge in [0, 0.05) is 24.9 Å². The van der Waals surface area contributed by atoms with Crippen LogP contribution in [0.4, 0.5) is 0 Å². The molecule has 0 aromatic heterocycles. The molecule has 0 amide bonds. The van der Waals surface area contributed by atoms with Crippen molar-refractivity contribution in [1.29, 1.82) is 0 Å². The lowest BCUT2D eigenvalue weighted by atomic mass is 9.69. The predicted octanol–water partition coefficient (Wildman–Crippen LogP) is 3.20. The van der Waals surface area contributed by atoms with Crippen molar-refractivity contribution in [2.24, 2.45) is 0 Å². The molecule has 5 nitrogen and oxygen atoms in total. The molecule has 0 radical (unpaired) electrons. The Kier molecular flexibility index (Phi) is 4.43. The molecule has 26 heavy (non-hydrogen) atoms. The van der Waals surface area contributed by atoms with Crippen LogP contribution in [-0.2, 0) is 21.5 Å². The Bertz CT molecular complexity index is 744. The number of carbonyl (C=O) groups excluding carboxylic acids is 1. The fourth-order valence-corrected chi connectivity index (χ4v) is 4.58. The van der Waals surface area contributed by atoms with Crippen LogP contribution >= 0.6 is 0 Å². The van der Waals surface area contributed by atoms with Crippen LogP contribution in [0.3, 0.4) is 0 Å². The summed E-state index contributed by atoms with van der Waals surface area (Å²) in [5.41, 5.74) is 2.41. The molecule has 4 rings (SSSR count). The number of benzene rings is 1. The highest BCUT2D eigenvalue weighted by Gasteiger charge is 2.53. The third-order valence-electron chi connectivity index (χ3n) is 5.87. The Morgan fingerprint density at radius 3 is 3.04 bits per heavy atom. The molecule has 2 aliphatic heterocycles. The largest absolute Gasteiger partial charge is 0.493 e. The molecular weight excluding hydrogens is 330 g/mol. The van der Waals surface area contributed by atoms with Crippen LogP contribution in [0.25, 0.3) is 0 Å². The Morgan fingerprint density at radius 2 is 2.27 bits per heavy atom. The first-order chi connectivity index (χ1) is 12.6. The summed E-state index contributed by atoms with van der Waals surface area (Å²) < 4.78 is 17.6. The van der Waals surface area contributed by atoms with Gasteiger partial charge in [-0.2, -0.15) is 0 Å². The van der Waals surface area contributed by atoms with E-state index in [9.17, 15) is 4.79 Å². The van der Waals surface area contributed by atoms with E-state index < -0.39 is 0 Å². The molecule has 2 heterocycles. The summed E-state index contributed by atoms with van der Waals surface area (Å²) in [7, 11) is 3.84. The van der Waals surface area contributed by atoms with Crippen molar-refractivity contribution in [3.8, 4) is 11.5 Å². The van der Waals surface area contributed by atoms with E-state index in [-0.39, 0.29) is 23.6 Å². The zero-order valence-electron chi connectivity index (χ0n) is 15.8. The number of ether oxygens (including phenoxy) is 3. The smallest absolute Gasteiger partial charge is 0.306 e. The molecule has 0 bridgehead atoms. The van der Waals surface area contributed by atoms with Crippen LogP contribution in [0.5, 0.6) is 11.5 Å². The number of nitrogens with zero attached hydrogens (tertiary/aromatic N) is 1. The molecule has 3 aliphatic rings. The Morgan fingerprint density at radius 1 is 1.42 bits per heavy atom. The Balaban J connectivity index is 1.71. The van der Waals surface area contributed by atoms with Gasteiger partial charge in [-0.25, -0.2) is 0 Å². The fourth-order valence-electron chi connectivity index (χ4n) is 4.58. The third kappa shape index (κ3) is 2.69. The first kappa shape index (κ1) is 17.4. The Hall–Kier alpha value is -2.01. The van der Waals surface area contributed by atoms with Gasteiger partial charge in [0.2, 0.25) is 0 Å². The molecule has 1 spiro atoms. The summed E-state index contributed by atoms with van der Waals surface area (Å²) >= 11 is 0. The fraction of sp³-hybridized carbons (Fsp3) is 0.571. The molecule has 0 unspecified atom stereocenters. The minimum atomic E-state index is -0.214. The van der Waals surface area contributed by atoms with E-state index in [1.54, 1.807) is 7.11 Å². The average molecular weight is 357 g/mol. The van der Waals surface area contributed by atoms with Gasteiger partial charge in [-0.1, -0.05) is 19.1 Å². The van der Waals surface area contributed by atoms with Crippen LogP contribution in [0.1, 0.15) is 43.7 Å². The normalized spacial score (nSPS) is 29.3. The van der Waals surface area contributed by atoms with Crippen molar-refractivity contribution in [2.75, 3.05) is 20.7 Å². The topological polar surface area (TPSA) is 48.0 Å². The highest BCUT2D eigenvalue weighted by atomic mass is 16.6. The van der Waals surface area contributed by atoms with Gasteiger partial charge in [-0.3, -0.25) is 4.79 Å². The predicted molar refractivity (Wildman–Crippen MR) is 98.6 cm³/mol. The molecule has 3 atom stereocenters. The van der Waals surface area contributed by atoms with Crippen LogP contribution in [0, 0.1) is 0 Å². The number of esters is 1. The summed E-state index contributed by atoms with van der Waals surface area (Å²) in [4.78, 5) is 14.3. The van der Waals surface area contributed by atoms with Crippen molar-refractivity contribution in [2.45, 2.75) is 56.8 Å². The van der Waals surface area contributed by atoms with E-state index in [4.69, 9.17) is 14.2 Å². The summed E-state index contributed by atoms with van der Waals surface area (Å²) in [6.07, 6.45) is 7.01. The average Bonchev–Trinajstić information content (AvgIpc) is 2.87. The molecule has 140 valence electrons. The highest BCUT2D eigenvalue weighted by Crippen LogP contribution is 2.55. The SMILES string of the molecule is CCCC(=O)O[C@H]1C=C[C@@]23CCN(C)Cc4ccc(OC)c(c42)O[C@H]3C1. The van der Waals surface area contributed by atoms with Crippen molar-refractivity contribution < 1.29 is 19.0 Å². The van der Waals surface area contributed by atoms with Gasteiger partial charge in [-0.15, -0.1) is 0 Å². The van der Waals surface area contributed by atoms with Gasteiger partial charge < -0.3 is 19.1 Å². The van der Waals surface area contributed by atoms with Crippen LogP contribution in [-0.4, -0.2) is 43.8 Å². The Labute approximate surface area is 154 Å². The lowest BCUT2D eigenvalue weighted by molar-refractivity contribution is -0.148. The minimum absolute atomic E-state index is 0.0246. The number of hydrogen-bond acceptors (Lipinski definition) is 5. The maximum Gasteiger partial charge on any atom is 0.306 e. The zero-order chi connectivity index (χ0) is 18.3. The number of hydrogen-bond donors (Lipinski definition) is 0. The van der Waals surface area contributed by atoms with Crippen molar-refractivity contribution >= 4 is 5.97 Å². The van der Waals surface area contributed by atoms with Gasteiger partial charge in [0.15, 0.2) is 11.5 Å². The number of rotatable bonds is 4. The summed E-state index contributed by atoms with van der Waals surface area (Å²) in [5.74, 6) is 1.53. The first-order valence-electron chi connectivity index (χ1n) is 9.51. The molecular formula is C21H27NO4. The quantitative estimate of drug-likeness (QED) is 0.612. The van der Waals surface area contributed by atoms with E-state index in [2.05, 4.69) is 30.2 Å². The highest BCUT2D eigenvalue weighted by molar-refractivity contribution is 5.69. The molecule has 1 aromatic rings. The molecule has 5 heteroatoms. The minimum Gasteiger partial charge on any atom is -0.493 e. The molecule has 0 saturated heterocycles. The van der Waals surface area contributed by atoms with E-state index >= 15 is 0 Å². The van der Waals surface area contributed by atoms with Gasteiger partial charge in [0.1, 0.15) is 12.2 Å². The van der Waals surface area contributed by atoms with Gasteiger partial charge >= 0.3 is 5.97 Å². The van der Waals surface area contributed by atoms with Gasteiger partial charge in [0.05, 0.1) is 12.5 Å². The maximum absolute atomic E-state index is 11.9. The molecule has 0 fully saturated rings. The van der Waals surface area contributed by atoms with Crippen molar-refractivity contribution in [1.82, 2.24) is 4.90 Å². The van der Waals surface area contributed by atoms with Crippen LogP contribution in [0.15, 0.2) is 24.3 Å². The molecule has 1 aromatic carbocycles. The lowest BCUT2D eigenvalue weighted by Gasteiger charge is -2.36. The second-order valence-electron chi connectivity index (χ2n) is 7.64. The van der Waals surface area contributed by atoms with Crippen molar-refractivity contribution in [3.05, 3.63) is 35.4 Å². The second-order valence-corrected chi connectivity index (χ2v) is 7.64. The number of carbonyl (C=O) groups is 1. The summed E-state index contributed by atoms with van der Waals surface area (Å²) in [6, 6.07) is 4.16. The summed E-state index contributed by atoms with van der Waals surface area (Å²) in [5, 5.41) is 0. The van der Waals surface area contributed by atoms with E-state index in [0.717, 1.165) is 37.4 Å². The summed E-state index contributed by atoms with van der Waals surface area (Å²) in [6.45, 7) is 3.90. The maximum atomic E-state index is 11.9. The number of methoxy groups -OCH3 is 1. The first-order valence-corrected chi connectivity index (χ1v) is 9.51. The van der Waals surface area contributed by atoms with E-state index in [0.29, 0.717) is 12.8 Å². The standard InChI is InChI=1S/C21H27NO4/c1-4-5-18(23)25-15-8-9-21-10-11-22(2)13-14-6-7-16(24-3)20(19(14)21)26-17(21)12-15/h6-9,15,17H,4-5,10-13H2,1-3H3/t15-,17-,21-/m0/s1. The molecule has 0 N–H and O–H groups in total. The molecule has 0 saturated carbocycles. The van der Waals surface area contributed by atoms with Crippen molar-refractivity contribution in [3.63, 3.8) is 0 Å². The van der Waals surface area contributed by atoms with Gasteiger partial charge in [0.25, 0.3) is 0 Å². The molecule has 1 aliphatic carbocycles. The zero-order valence-corrected chi connectivity index (χ0v) is 15.8.